The molecule has 0 nitrogen and oxygen atoms in total. The summed E-state index contributed by atoms with van der Waals surface area (Å²) in [7, 11) is 0. The summed E-state index contributed by atoms with van der Waals surface area (Å²) in [4.78, 5) is 0. The molecule has 0 aromatic carbocycles. The van der Waals surface area contributed by atoms with Gasteiger partial charge in [-0.25, -0.2) is 0 Å². The standard InChI is InChI=1S/Al.Cu.Li.Sc.4H. The zero-order chi connectivity index (χ0) is 0. The van der Waals surface area contributed by atoms with E-state index >= 15 is 0 Å². The first-order valence-corrected chi connectivity index (χ1v) is 0. The van der Waals surface area contributed by atoms with Crippen LogP contribution in [0.15, 0.2) is 0 Å². The van der Waals surface area contributed by atoms with Crippen molar-refractivity contribution in [1.29, 1.82) is 0 Å². The van der Waals surface area contributed by atoms with Gasteiger partial charge in [0, 0.05) is 42.9 Å². The Hall–Kier alpha value is 2.52. The smallest absolute Gasteiger partial charge is 0 e. The molecule has 0 aliphatic heterocycles. The molecule has 0 heterocycles. The maximum atomic E-state index is 0. The summed E-state index contributed by atoms with van der Waals surface area (Å²) >= 11 is 0. The minimum absolute atomic E-state index is 0. The quantitative estimate of drug-likeness (QED) is 0.353. The molecule has 0 saturated heterocycles. The number of rotatable bonds is 0. The first-order chi connectivity index (χ1) is 0. The van der Waals surface area contributed by atoms with Crippen LogP contribution >= 0.6 is 0 Å². The maximum absolute atomic E-state index is 0. The van der Waals surface area contributed by atoms with Crippen LogP contribution in [0.4, 0.5) is 0 Å². The van der Waals surface area contributed by atoms with Crippen LogP contribution in [0, 0.1) is 0 Å². The summed E-state index contributed by atoms with van der Waals surface area (Å²) < 4.78 is 0. The van der Waals surface area contributed by atoms with Gasteiger partial charge in [-0.15, -0.1) is 0 Å². The second kappa shape index (κ2) is 17.8. The summed E-state index contributed by atoms with van der Waals surface area (Å²) in [6.45, 7) is 0. The number of hydrogen-bond donors (Lipinski definition) is 0. The van der Waals surface area contributed by atoms with Gasteiger partial charge in [0.1, 0.15) is 0 Å². The molecule has 0 saturated carbocycles. The van der Waals surface area contributed by atoms with Crippen LogP contribution in [0.5, 0.6) is 0 Å². The zero-order valence-corrected chi connectivity index (χ0v) is 3.62. The van der Waals surface area contributed by atoms with Gasteiger partial charge in [-0.05, 0) is 0 Å². The Morgan fingerprint density at radius 1 is 1.00 bits per heavy atom. The SMILES string of the molecule is [AlH3].[Cu].[LiH].[Sc]. The van der Waals surface area contributed by atoms with Crippen LogP contribution < -0.4 is 0 Å². The van der Waals surface area contributed by atoms with E-state index in [9.17, 15) is 0 Å². The fourth-order valence-electron chi connectivity index (χ4n) is 0. The third-order valence-corrected chi connectivity index (χ3v) is 0. The van der Waals surface area contributed by atoms with Gasteiger partial charge in [0.25, 0.3) is 0 Å². The van der Waals surface area contributed by atoms with Gasteiger partial charge in [0.15, 0.2) is 17.4 Å². The predicted octanol–water partition coefficient (Wildman–Crippen LogP) is -1.84. The molecule has 2 radical (unpaired) electrons. The van der Waals surface area contributed by atoms with Crippen LogP contribution in [-0.2, 0) is 42.9 Å². The van der Waals surface area contributed by atoms with Crippen molar-refractivity contribution in [3.63, 3.8) is 0 Å². The van der Waals surface area contributed by atoms with Gasteiger partial charge in [-0.1, -0.05) is 0 Å². The Labute approximate surface area is 78.0 Å². The molecule has 22 valence electrons. The Morgan fingerprint density at radius 2 is 1.00 bits per heavy atom. The Balaban J connectivity index is 0. The second-order valence-electron chi connectivity index (χ2n) is 0. The fraction of sp³-hybridized carbons (Fsp3) is 0. The van der Waals surface area contributed by atoms with E-state index in [0.29, 0.717) is 0 Å². The molecule has 0 rings (SSSR count). The summed E-state index contributed by atoms with van der Waals surface area (Å²) in [5.74, 6) is 0. The monoisotopic (exact) mass is 146 g/mol. The van der Waals surface area contributed by atoms with Crippen molar-refractivity contribution in [2.45, 2.75) is 0 Å². The Bertz CT molecular complexity index is 8.00. The van der Waals surface area contributed by atoms with Crippen LogP contribution in [0.1, 0.15) is 0 Å². The topological polar surface area (TPSA) is 0 Å². The van der Waals surface area contributed by atoms with Gasteiger partial charge < -0.3 is 0 Å². The Kier molecular flexibility index (Phi) is 139. The third-order valence-electron chi connectivity index (χ3n) is 0. The van der Waals surface area contributed by atoms with Crippen molar-refractivity contribution < 1.29 is 42.9 Å². The van der Waals surface area contributed by atoms with Gasteiger partial charge in [0.05, 0.1) is 0 Å². The molecule has 0 spiro atoms. The zero-order valence-electron chi connectivity index (χ0n) is 0.879. The van der Waals surface area contributed by atoms with Crippen molar-refractivity contribution in [3.05, 3.63) is 0 Å². The molecule has 0 aromatic heterocycles. The first kappa shape index (κ1) is 31.3. The van der Waals surface area contributed by atoms with Crippen molar-refractivity contribution in [1.82, 2.24) is 0 Å². The largest absolute Gasteiger partial charge is 0 e. The number of hydrogen-bond acceptors (Lipinski definition) is 0. The van der Waals surface area contributed by atoms with Gasteiger partial charge in [-0.3, -0.25) is 0 Å². The average Bonchev–Trinajstić information content (AvgIpc) is 0. The summed E-state index contributed by atoms with van der Waals surface area (Å²) in [6.07, 6.45) is 0. The van der Waals surface area contributed by atoms with Crippen LogP contribution in [0.3, 0.4) is 0 Å². The van der Waals surface area contributed by atoms with E-state index in [-0.39, 0.29) is 79.1 Å². The van der Waals surface area contributed by atoms with E-state index in [0.717, 1.165) is 0 Å². The molecule has 0 unspecified atom stereocenters. The van der Waals surface area contributed by atoms with Crippen LogP contribution in [0.25, 0.3) is 0 Å². The average molecular weight is 146 g/mol. The van der Waals surface area contributed by atoms with Crippen LogP contribution in [-0.4, -0.2) is 36.2 Å². The molecule has 0 aliphatic rings. The summed E-state index contributed by atoms with van der Waals surface area (Å²) in [6, 6.07) is 0. The molecule has 0 fully saturated rings. The van der Waals surface area contributed by atoms with E-state index in [1.807, 2.05) is 0 Å². The van der Waals surface area contributed by atoms with E-state index in [1.54, 1.807) is 0 Å². The Morgan fingerprint density at radius 3 is 1.00 bits per heavy atom. The molecule has 0 bridgehead atoms. The van der Waals surface area contributed by atoms with Gasteiger partial charge in [0.2, 0.25) is 0 Å². The second-order valence-corrected chi connectivity index (χ2v) is 0. The predicted molar refractivity (Wildman–Crippen MR) is 17.1 cm³/mol. The van der Waals surface area contributed by atoms with Crippen molar-refractivity contribution in [2.75, 3.05) is 0 Å². The van der Waals surface area contributed by atoms with Crippen LogP contribution in [0.2, 0.25) is 0 Å². The molecule has 0 aromatic rings. The molecule has 4 heteroatoms. The molecule has 4 heavy (non-hydrogen) atoms. The van der Waals surface area contributed by atoms with E-state index in [4.69, 9.17) is 0 Å². The molecule has 0 aliphatic carbocycles. The van der Waals surface area contributed by atoms with Crippen molar-refractivity contribution in [3.8, 4) is 0 Å². The molecule has 0 atom stereocenters. The van der Waals surface area contributed by atoms with Gasteiger partial charge in [-0.2, -0.15) is 0 Å². The van der Waals surface area contributed by atoms with Crippen molar-refractivity contribution >= 4 is 36.2 Å². The minimum atomic E-state index is 0. The fourth-order valence-corrected chi connectivity index (χ4v) is 0. The molecule has 0 N–H and O–H groups in total. The summed E-state index contributed by atoms with van der Waals surface area (Å²) in [5, 5.41) is 0. The first-order valence-electron chi connectivity index (χ1n) is 0. The minimum Gasteiger partial charge on any atom is 0 e. The van der Waals surface area contributed by atoms with Gasteiger partial charge >= 0.3 is 18.9 Å². The third kappa shape index (κ3) is 8.82. The van der Waals surface area contributed by atoms with E-state index < -0.39 is 0 Å². The summed E-state index contributed by atoms with van der Waals surface area (Å²) in [5.41, 5.74) is 0. The van der Waals surface area contributed by atoms with Crippen molar-refractivity contribution in [2.24, 2.45) is 0 Å². The molecule has 0 amide bonds. The maximum Gasteiger partial charge on any atom is 0 e. The normalized spacial score (nSPS) is 0. The van der Waals surface area contributed by atoms with E-state index in [2.05, 4.69) is 0 Å². The van der Waals surface area contributed by atoms with E-state index in [1.165, 1.54) is 0 Å². The molecular weight excluding hydrogens is 142 g/mol. The molecular formula is H4AlCuLiSc.